The Kier molecular flexibility index (Phi) is 6.73. The van der Waals surface area contributed by atoms with Gasteiger partial charge in [0.2, 0.25) is 11.9 Å². The van der Waals surface area contributed by atoms with Crippen LogP contribution in [0.15, 0.2) is 60.0 Å². The standard InChI is InChI=1S/C27H33N7O2/c1-4-24(35)33-17-20(18-33)11-12-34-25(36)10-5-21-15-28-27(30-26(21)34)29-22-6-8-23(9-7-22)32-14-13-31(3)19(2)16-32/h4-10,15,19-20H,1,11-14,16-18H2,2-3H3,(H,28,29,30)/t19-/m1/s1. The fourth-order valence-corrected chi connectivity index (χ4v) is 4.89. The van der Waals surface area contributed by atoms with Gasteiger partial charge in [-0.25, -0.2) is 4.98 Å². The van der Waals surface area contributed by atoms with Gasteiger partial charge in [0.1, 0.15) is 5.65 Å². The zero-order valence-electron chi connectivity index (χ0n) is 20.9. The number of nitrogens with one attached hydrogen (secondary N) is 1. The van der Waals surface area contributed by atoms with E-state index in [9.17, 15) is 9.59 Å². The van der Waals surface area contributed by atoms with Crippen LogP contribution in [0.25, 0.3) is 11.0 Å². The molecule has 2 saturated heterocycles. The van der Waals surface area contributed by atoms with E-state index in [4.69, 9.17) is 0 Å². The molecular formula is C27H33N7O2. The summed E-state index contributed by atoms with van der Waals surface area (Å²) < 4.78 is 1.71. The van der Waals surface area contributed by atoms with E-state index in [1.165, 1.54) is 11.8 Å². The second-order valence-electron chi connectivity index (χ2n) is 9.85. The van der Waals surface area contributed by atoms with E-state index in [0.717, 1.165) is 37.1 Å². The maximum absolute atomic E-state index is 12.7. The molecule has 2 aromatic heterocycles. The number of fused-ring (bicyclic) bond motifs is 1. The van der Waals surface area contributed by atoms with Gasteiger partial charge < -0.3 is 20.0 Å². The molecule has 2 aliphatic rings. The van der Waals surface area contributed by atoms with Crippen LogP contribution < -0.4 is 15.8 Å². The van der Waals surface area contributed by atoms with Crippen LogP contribution in [-0.2, 0) is 11.3 Å². The lowest BCUT2D eigenvalue weighted by atomic mass is 9.96. The van der Waals surface area contributed by atoms with Gasteiger partial charge in [-0.3, -0.25) is 14.2 Å². The molecule has 3 aromatic rings. The minimum Gasteiger partial charge on any atom is -0.369 e. The summed E-state index contributed by atoms with van der Waals surface area (Å²) in [4.78, 5) is 40.1. The van der Waals surface area contributed by atoms with E-state index in [2.05, 4.69) is 57.8 Å². The summed E-state index contributed by atoms with van der Waals surface area (Å²) in [6, 6.07) is 12.2. The topological polar surface area (TPSA) is 86.6 Å². The smallest absolute Gasteiger partial charge is 0.252 e. The van der Waals surface area contributed by atoms with Gasteiger partial charge in [-0.15, -0.1) is 0 Å². The van der Waals surface area contributed by atoms with Crippen molar-refractivity contribution >= 4 is 34.3 Å². The van der Waals surface area contributed by atoms with E-state index in [1.807, 2.05) is 12.1 Å². The molecule has 2 aliphatic heterocycles. The Morgan fingerprint density at radius 1 is 1.14 bits per heavy atom. The Bertz CT molecular complexity index is 1310. The van der Waals surface area contributed by atoms with Crippen LogP contribution in [0, 0.1) is 5.92 Å². The highest BCUT2D eigenvalue weighted by molar-refractivity contribution is 5.87. The fraction of sp³-hybridized carbons (Fsp3) is 0.407. The third-order valence-corrected chi connectivity index (χ3v) is 7.38. The zero-order valence-corrected chi connectivity index (χ0v) is 20.9. The molecule has 0 radical (unpaired) electrons. The molecule has 0 saturated carbocycles. The van der Waals surface area contributed by atoms with Crippen LogP contribution in [0.1, 0.15) is 13.3 Å². The highest BCUT2D eigenvalue weighted by Gasteiger charge is 2.29. The molecule has 9 nitrogen and oxygen atoms in total. The summed E-state index contributed by atoms with van der Waals surface area (Å²) in [6.45, 7) is 10.8. The Labute approximate surface area is 211 Å². The van der Waals surface area contributed by atoms with E-state index in [0.29, 0.717) is 43.2 Å². The first kappa shape index (κ1) is 24.0. The van der Waals surface area contributed by atoms with Crippen LogP contribution in [0.2, 0.25) is 0 Å². The number of carbonyl (C=O) groups is 1. The van der Waals surface area contributed by atoms with Crippen molar-refractivity contribution in [2.24, 2.45) is 5.92 Å². The Hall–Kier alpha value is -3.72. The van der Waals surface area contributed by atoms with Gasteiger partial charge in [-0.2, -0.15) is 4.98 Å². The third kappa shape index (κ3) is 4.97. The van der Waals surface area contributed by atoms with Crippen molar-refractivity contribution < 1.29 is 4.79 Å². The number of likely N-dealkylation sites (N-methyl/N-ethyl adjacent to an activating group) is 1. The summed E-state index contributed by atoms with van der Waals surface area (Å²) in [5.74, 6) is 0.787. The fourth-order valence-electron chi connectivity index (χ4n) is 4.89. The number of amides is 1. The summed E-state index contributed by atoms with van der Waals surface area (Å²) in [7, 11) is 2.17. The maximum atomic E-state index is 12.7. The van der Waals surface area contributed by atoms with E-state index < -0.39 is 0 Å². The lowest BCUT2D eigenvalue weighted by Gasteiger charge is -2.39. The van der Waals surface area contributed by atoms with Gasteiger partial charge in [0.05, 0.1) is 0 Å². The Morgan fingerprint density at radius 2 is 1.92 bits per heavy atom. The number of hydrogen-bond acceptors (Lipinski definition) is 7. The predicted octanol–water partition coefficient (Wildman–Crippen LogP) is 2.71. The van der Waals surface area contributed by atoms with Crippen molar-refractivity contribution in [1.29, 1.82) is 0 Å². The molecule has 1 N–H and O–H groups in total. The summed E-state index contributed by atoms with van der Waals surface area (Å²) >= 11 is 0. The SMILES string of the molecule is C=CC(=O)N1CC(CCn2c(=O)ccc3cnc(Nc4ccc(N5CCN(C)[C@H](C)C5)cc4)nc32)C1. The molecule has 4 heterocycles. The van der Waals surface area contributed by atoms with Crippen molar-refractivity contribution in [1.82, 2.24) is 24.3 Å². The number of pyridine rings is 1. The predicted molar refractivity (Wildman–Crippen MR) is 143 cm³/mol. The van der Waals surface area contributed by atoms with Crippen molar-refractivity contribution in [3.8, 4) is 0 Å². The quantitative estimate of drug-likeness (QED) is 0.513. The summed E-state index contributed by atoms with van der Waals surface area (Å²) in [5.41, 5.74) is 2.63. The number of benzene rings is 1. The molecule has 36 heavy (non-hydrogen) atoms. The maximum Gasteiger partial charge on any atom is 0.252 e. The molecule has 2 fully saturated rings. The summed E-state index contributed by atoms with van der Waals surface area (Å²) in [5, 5.41) is 4.10. The normalized spacial score (nSPS) is 18.8. The average Bonchev–Trinajstić information content (AvgIpc) is 2.86. The van der Waals surface area contributed by atoms with Gasteiger partial charge in [-0.1, -0.05) is 6.58 Å². The van der Waals surface area contributed by atoms with E-state index >= 15 is 0 Å². The molecule has 5 rings (SSSR count). The van der Waals surface area contributed by atoms with E-state index in [1.54, 1.807) is 27.8 Å². The van der Waals surface area contributed by atoms with Gasteiger partial charge in [0.15, 0.2) is 0 Å². The van der Waals surface area contributed by atoms with Crippen LogP contribution >= 0.6 is 0 Å². The second kappa shape index (κ2) is 10.1. The van der Waals surface area contributed by atoms with Crippen molar-refractivity contribution in [2.45, 2.75) is 25.9 Å². The van der Waals surface area contributed by atoms with Crippen molar-refractivity contribution in [3.05, 3.63) is 65.6 Å². The first-order valence-corrected chi connectivity index (χ1v) is 12.5. The molecule has 0 aliphatic carbocycles. The molecule has 188 valence electrons. The number of nitrogens with zero attached hydrogens (tertiary/aromatic N) is 6. The van der Waals surface area contributed by atoms with Gasteiger partial charge in [0.25, 0.3) is 5.56 Å². The van der Waals surface area contributed by atoms with Gasteiger partial charge >= 0.3 is 0 Å². The molecule has 0 bridgehead atoms. The van der Waals surface area contributed by atoms with Gasteiger partial charge in [0, 0.05) is 74.3 Å². The Morgan fingerprint density at radius 3 is 2.64 bits per heavy atom. The average molecular weight is 488 g/mol. The number of carbonyl (C=O) groups excluding carboxylic acids is 1. The number of piperazine rings is 1. The highest BCUT2D eigenvalue weighted by atomic mass is 16.2. The molecule has 9 heteroatoms. The van der Waals surface area contributed by atoms with Crippen LogP contribution in [-0.4, -0.2) is 76.1 Å². The molecule has 0 spiro atoms. The first-order valence-electron chi connectivity index (χ1n) is 12.5. The van der Waals surface area contributed by atoms with Crippen molar-refractivity contribution in [2.75, 3.05) is 50.0 Å². The van der Waals surface area contributed by atoms with Gasteiger partial charge in [-0.05, 0) is 62.7 Å². The largest absolute Gasteiger partial charge is 0.369 e. The number of anilines is 3. The van der Waals surface area contributed by atoms with E-state index in [-0.39, 0.29) is 11.5 Å². The van der Waals surface area contributed by atoms with Crippen LogP contribution in [0.5, 0.6) is 0 Å². The lowest BCUT2D eigenvalue weighted by Crippen LogP contribution is -2.50. The van der Waals surface area contributed by atoms with Crippen LogP contribution in [0.3, 0.4) is 0 Å². The number of likely N-dealkylation sites (tertiary alicyclic amines) is 1. The van der Waals surface area contributed by atoms with Crippen LogP contribution in [0.4, 0.5) is 17.3 Å². The zero-order chi connectivity index (χ0) is 25.2. The van der Waals surface area contributed by atoms with Crippen molar-refractivity contribution in [3.63, 3.8) is 0 Å². The molecule has 1 amide bonds. The number of rotatable bonds is 7. The monoisotopic (exact) mass is 487 g/mol. The minimum atomic E-state index is -0.0868. The third-order valence-electron chi connectivity index (χ3n) is 7.38. The number of aryl methyl sites for hydroxylation is 1. The molecule has 1 atom stereocenters. The minimum absolute atomic E-state index is 0.0387. The highest BCUT2D eigenvalue weighted by Crippen LogP contribution is 2.24. The first-order chi connectivity index (χ1) is 17.4. The molecular weight excluding hydrogens is 454 g/mol. The number of aromatic nitrogens is 3. The second-order valence-corrected chi connectivity index (χ2v) is 9.85. The Balaban J connectivity index is 1.28. The summed E-state index contributed by atoms with van der Waals surface area (Å²) in [6.07, 6.45) is 3.89. The molecule has 0 unspecified atom stereocenters. The number of hydrogen-bond donors (Lipinski definition) is 1. The molecule has 1 aromatic carbocycles. The lowest BCUT2D eigenvalue weighted by molar-refractivity contribution is -0.132.